The summed E-state index contributed by atoms with van der Waals surface area (Å²) < 4.78 is 31.6. The summed E-state index contributed by atoms with van der Waals surface area (Å²) in [5.41, 5.74) is 0.0389. The largest absolute Gasteiger partial charge is 0.462 e. The average Bonchev–Trinajstić information content (AvgIpc) is 3.06. The molecular weight excluding hydrogens is 266 g/mol. The van der Waals surface area contributed by atoms with Crippen molar-refractivity contribution in [1.29, 1.82) is 0 Å². The summed E-state index contributed by atoms with van der Waals surface area (Å²) in [6.45, 7) is 3.88. The van der Waals surface area contributed by atoms with E-state index in [1.54, 1.807) is 6.92 Å². The maximum Gasteiger partial charge on any atom is 0.338 e. The lowest BCUT2D eigenvalue weighted by molar-refractivity contribution is 0.0526. The lowest BCUT2D eigenvalue weighted by Crippen LogP contribution is -2.34. The minimum absolute atomic E-state index is 0.161. The number of esters is 1. The number of sulfonamides is 1. The van der Waals surface area contributed by atoms with Crippen molar-refractivity contribution >= 4 is 16.0 Å². The van der Waals surface area contributed by atoms with E-state index in [1.165, 1.54) is 24.3 Å². The SMILES string of the molecule is CCOC(=O)c1ccc(S(=O)(=O)NC2(C)CC2)cc1. The van der Waals surface area contributed by atoms with E-state index in [1.807, 2.05) is 6.92 Å². The van der Waals surface area contributed by atoms with Gasteiger partial charge in [-0.1, -0.05) is 0 Å². The van der Waals surface area contributed by atoms with Crippen molar-refractivity contribution in [2.24, 2.45) is 0 Å². The molecule has 1 aromatic carbocycles. The third kappa shape index (κ3) is 3.33. The Hall–Kier alpha value is -1.40. The number of hydrogen-bond donors (Lipinski definition) is 1. The Morgan fingerprint density at radius 1 is 1.32 bits per heavy atom. The number of nitrogens with one attached hydrogen (secondary N) is 1. The minimum atomic E-state index is -3.51. The second-order valence-electron chi connectivity index (χ2n) is 4.91. The van der Waals surface area contributed by atoms with Gasteiger partial charge in [0, 0.05) is 5.54 Å². The first-order chi connectivity index (χ1) is 8.86. The Morgan fingerprint density at radius 2 is 1.89 bits per heavy atom. The number of carbonyl (C=O) groups excluding carboxylic acids is 1. The van der Waals surface area contributed by atoms with E-state index in [4.69, 9.17) is 4.74 Å². The van der Waals surface area contributed by atoms with Gasteiger partial charge in [-0.3, -0.25) is 0 Å². The van der Waals surface area contributed by atoms with Gasteiger partial charge in [0.2, 0.25) is 10.0 Å². The number of benzene rings is 1. The van der Waals surface area contributed by atoms with E-state index in [9.17, 15) is 13.2 Å². The smallest absolute Gasteiger partial charge is 0.338 e. The van der Waals surface area contributed by atoms with E-state index < -0.39 is 16.0 Å². The van der Waals surface area contributed by atoms with Gasteiger partial charge in [0.05, 0.1) is 17.1 Å². The lowest BCUT2D eigenvalue weighted by Gasteiger charge is -2.12. The van der Waals surface area contributed by atoms with Gasteiger partial charge in [-0.2, -0.15) is 0 Å². The summed E-state index contributed by atoms with van der Waals surface area (Å²) in [5, 5.41) is 0. The maximum absolute atomic E-state index is 12.1. The first-order valence-electron chi connectivity index (χ1n) is 6.17. The second-order valence-corrected chi connectivity index (χ2v) is 6.59. The van der Waals surface area contributed by atoms with Gasteiger partial charge in [0.25, 0.3) is 0 Å². The molecule has 0 saturated heterocycles. The molecule has 0 aromatic heterocycles. The van der Waals surface area contributed by atoms with Crippen LogP contribution in [0.5, 0.6) is 0 Å². The van der Waals surface area contributed by atoms with Crippen LogP contribution in [0.3, 0.4) is 0 Å². The molecule has 0 atom stereocenters. The van der Waals surface area contributed by atoms with Crippen molar-refractivity contribution in [2.45, 2.75) is 37.1 Å². The van der Waals surface area contributed by atoms with E-state index in [2.05, 4.69) is 4.72 Å². The first-order valence-corrected chi connectivity index (χ1v) is 7.66. The molecule has 1 aromatic rings. The third-order valence-electron chi connectivity index (χ3n) is 3.06. The highest BCUT2D eigenvalue weighted by Crippen LogP contribution is 2.35. The Bertz CT molecular complexity index is 573. The molecule has 0 bridgehead atoms. The Balaban J connectivity index is 2.15. The molecule has 0 amide bonds. The van der Waals surface area contributed by atoms with Crippen LogP contribution in [0.25, 0.3) is 0 Å². The van der Waals surface area contributed by atoms with Gasteiger partial charge < -0.3 is 4.74 Å². The number of hydrogen-bond acceptors (Lipinski definition) is 4. The lowest BCUT2D eigenvalue weighted by atomic mass is 10.2. The fourth-order valence-corrected chi connectivity index (χ4v) is 3.12. The molecule has 1 aliphatic rings. The quantitative estimate of drug-likeness (QED) is 0.835. The number of ether oxygens (including phenoxy) is 1. The molecular formula is C13H17NO4S. The standard InChI is InChI=1S/C13H17NO4S/c1-3-18-12(15)10-4-6-11(7-5-10)19(16,17)14-13(2)8-9-13/h4-7,14H,3,8-9H2,1-2H3. The first kappa shape index (κ1) is 14.0. The Labute approximate surface area is 113 Å². The van der Waals surface area contributed by atoms with Gasteiger partial charge in [0.1, 0.15) is 0 Å². The molecule has 1 fully saturated rings. The Morgan fingerprint density at radius 3 is 2.37 bits per heavy atom. The molecule has 19 heavy (non-hydrogen) atoms. The molecule has 1 saturated carbocycles. The zero-order valence-electron chi connectivity index (χ0n) is 11.0. The molecule has 0 unspecified atom stereocenters. The van der Waals surface area contributed by atoms with Gasteiger partial charge in [-0.15, -0.1) is 0 Å². The van der Waals surface area contributed by atoms with Crippen LogP contribution >= 0.6 is 0 Å². The van der Waals surface area contributed by atoms with E-state index >= 15 is 0 Å². The molecule has 1 N–H and O–H groups in total. The molecule has 6 heteroatoms. The van der Waals surface area contributed by atoms with E-state index in [-0.39, 0.29) is 10.4 Å². The van der Waals surface area contributed by atoms with E-state index in [0.29, 0.717) is 12.2 Å². The minimum Gasteiger partial charge on any atom is -0.462 e. The predicted molar refractivity (Wildman–Crippen MR) is 70.4 cm³/mol. The van der Waals surface area contributed by atoms with Gasteiger partial charge >= 0.3 is 5.97 Å². The molecule has 0 radical (unpaired) electrons. The van der Waals surface area contributed by atoms with Crippen LogP contribution in [0, 0.1) is 0 Å². The van der Waals surface area contributed by atoms with Crippen molar-refractivity contribution in [1.82, 2.24) is 4.72 Å². The van der Waals surface area contributed by atoms with Gasteiger partial charge in [-0.05, 0) is 51.0 Å². The zero-order valence-corrected chi connectivity index (χ0v) is 11.8. The Kier molecular flexibility index (Phi) is 3.64. The van der Waals surface area contributed by atoms with Crippen LogP contribution in [0.15, 0.2) is 29.2 Å². The summed E-state index contributed by atoms with van der Waals surface area (Å²) in [4.78, 5) is 11.6. The van der Waals surface area contributed by atoms with Crippen LogP contribution in [-0.2, 0) is 14.8 Å². The van der Waals surface area contributed by atoms with Crippen LogP contribution < -0.4 is 4.72 Å². The van der Waals surface area contributed by atoms with Crippen LogP contribution in [0.2, 0.25) is 0 Å². The third-order valence-corrected chi connectivity index (χ3v) is 4.71. The van der Waals surface area contributed by atoms with Crippen LogP contribution in [0.1, 0.15) is 37.0 Å². The van der Waals surface area contributed by atoms with Crippen molar-refractivity contribution < 1.29 is 17.9 Å². The summed E-state index contributed by atoms with van der Waals surface area (Å²) in [6, 6.07) is 5.75. The van der Waals surface area contributed by atoms with E-state index in [0.717, 1.165) is 12.8 Å². The van der Waals surface area contributed by atoms with Crippen LogP contribution in [-0.4, -0.2) is 26.5 Å². The number of rotatable bonds is 5. The summed E-state index contributed by atoms with van der Waals surface area (Å²) in [5.74, 6) is -0.450. The molecule has 104 valence electrons. The molecule has 0 heterocycles. The highest BCUT2D eigenvalue weighted by Gasteiger charge is 2.41. The molecule has 0 aliphatic heterocycles. The summed E-state index contributed by atoms with van der Waals surface area (Å²) in [7, 11) is -3.51. The highest BCUT2D eigenvalue weighted by atomic mass is 32.2. The molecule has 1 aliphatic carbocycles. The summed E-state index contributed by atoms with van der Waals surface area (Å²) >= 11 is 0. The average molecular weight is 283 g/mol. The van der Waals surface area contributed by atoms with Gasteiger partial charge in [0.15, 0.2) is 0 Å². The second kappa shape index (κ2) is 4.94. The topological polar surface area (TPSA) is 72.5 Å². The molecule has 2 rings (SSSR count). The summed E-state index contributed by atoms with van der Waals surface area (Å²) in [6.07, 6.45) is 1.71. The molecule has 5 nitrogen and oxygen atoms in total. The van der Waals surface area contributed by atoms with Gasteiger partial charge in [-0.25, -0.2) is 17.9 Å². The fraction of sp³-hybridized carbons (Fsp3) is 0.462. The normalized spacial score (nSPS) is 16.9. The molecule has 0 spiro atoms. The van der Waals surface area contributed by atoms with Crippen LogP contribution in [0.4, 0.5) is 0 Å². The van der Waals surface area contributed by atoms with Crippen molar-refractivity contribution in [3.05, 3.63) is 29.8 Å². The predicted octanol–water partition coefficient (Wildman–Crippen LogP) is 1.69. The highest BCUT2D eigenvalue weighted by molar-refractivity contribution is 7.89. The maximum atomic E-state index is 12.1. The number of carbonyl (C=O) groups is 1. The zero-order chi connectivity index (χ0) is 14.1. The van der Waals surface area contributed by atoms with Crippen molar-refractivity contribution in [3.63, 3.8) is 0 Å². The fourth-order valence-electron chi connectivity index (χ4n) is 1.66. The van der Waals surface area contributed by atoms with Crippen molar-refractivity contribution in [3.8, 4) is 0 Å². The monoisotopic (exact) mass is 283 g/mol. The van der Waals surface area contributed by atoms with Crippen molar-refractivity contribution in [2.75, 3.05) is 6.61 Å².